The van der Waals surface area contributed by atoms with Gasteiger partial charge in [0.25, 0.3) is 0 Å². The fraction of sp³-hybridized carbons (Fsp3) is 0.818. The van der Waals surface area contributed by atoms with Gasteiger partial charge in [-0.3, -0.25) is 0 Å². The Morgan fingerprint density at radius 3 is 2.53 bits per heavy atom. The van der Waals surface area contributed by atoms with Crippen LogP contribution in [0.5, 0.6) is 0 Å². The second-order valence-electron chi connectivity index (χ2n) is 5.02. The maximum atomic E-state index is 12.2. The average Bonchev–Trinajstić information content (AvgIpc) is 2.83. The van der Waals surface area contributed by atoms with Gasteiger partial charge in [0.2, 0.25) is 0 Å². The van der Waals surface area contributed by atoms with Crippen LogP contribution in [0.4, 0.5) is 4.79 Å². The largest absolute Gasteiger partial charge is 0.480 e. The molecule has 2 heterocycles. The molecule has 3 unspecified atom stereocenters. The maximum absolute atomic E-state index is 12.2. The molecule has 0 aromatic heterocycles. The van der Waals surface area contributed by atoms with Crippen molar-refractivity contribution < 1.29 is 14.7 Å². The summed E-state index contributed by atoms with van der Waals surface area (Å²) in [5.74, 6) is -0.889. The monoisotopic (exact) mass is 241 g/mol. The van der Waals surface area contributed by atoms with Crippen LogP contribution in [0.15, 0.2) is 0 Å². The Kier molecular flexibility index (Phi) is 3.24. The van der Waals surface area contributed by atoms with E-state index in [1.165, 1.54) is 4.90 Å². The number of hydrogen-bond acceptors (Lipinski definition) is 3. The number of likely N-dealkylation sites (tertiary alicyclic amines) is 2. The highest BCUT2D eigenvalue weighted by Gasteiger charge is 2.41. The van der Waals surface area contributed by atoms with Crippen LogP contribution in [-0.2, 0) is 4.79 Å². The molecule has 2 aliphatic rings. The first-order valence-electron chi connectivity index (χ1n) is 6.04. The van der Waals surface area contributed by atoms with E-state index in [0.717, 1.165) is 12.8 Å². The van der Waals surface area contributed by atoms with Crippen molar-refractivity contribution in [3.05, 3.63) is 0 Å². The Morgan fingerprint density at radius 1 is 1.29 bits per heavy atom. The number of carbonyl (C=O) groups is 2. The van der Waals surface area contributed by atoms with E-state index in [4.69, 9.17) is 10.8 Å². The number of nitrogens with zero attached hydrogens (tertiary/aromatic N) is 2. The second-order valence-corrected chi connectivity index (χ2v) is 5.02. The van der Waals surface area contributed by atoms with E-state index in [1.807, 2.05) is 6.92 Å². The summed E-state index contributed by atoms with van der Waals surface area (Å²) in [6.07, 6.45) is 1.55. The molecule has 6 nitrogen and oxygen atoms in total. The molecule has 2 amide bonds. The number of urea groups is 1. The predicted octanol–water partition coefficient (Wildman–Crippen LogP) is -0.0656. The third-order valence-corrected chi connectivity index (χ3v) is 3.69. The van der Waals surface area contributed by atoms with Gasteiger partial charge in [0, 0.05) is 25.7 Å². The Morgan fingerprint density at radius 2 is 2.00 bits per heavy atom. The topological polar surface area (TPSA) is 86.9 Å². The molecule has 2 fully saturated rings. The van der Waals surface area contributed by atoms with Gasteiger partial charge in [0.15, 0.2) is 0 Å². The summed E-state index contributed by atoms with van der Waals surface area (Å²) in [5.41, 5.74) is 5.75. The summed E-state index contributed by atoms with van der Waals surface area (Å²) in [7, 11) is 0. The molecular weight excluding hydrogens is 222 g/mol. The number of carboxylic acids is 1. The second kappa shape index (κ2) is 4.52. The molecule has 0 saturated carbocycles. The van der Waals surface area contributed by atoms with Crippen molar-refractivity contribution >= 4 is 12.0 Å². The number of aliphatic carboxylic acids is 1. The molecule has 2 aliphatic heterocycles. The lowest BCUT2D eigenvalue weighted by Crippen LogP contribution is -2.49. The number of carboxylic acid groups (broad SMARTS) is 1. The number of hydrogen-bond donors (Lipinski definition) is 2. The van der Waals surface area contributed by atoms with Crippen LogP contribution in [0.1, 0.15) is 19.8 Å². The van der Waals surface area contributed by atoms with Crippen molar-refractivity contribution in [2.45, 2.75) is 31.8 Å². The molecule has 0 radical (unpaired) electrons. The van der Waals surface area contributed by atoms with E-state index in [0.29, 0.717) is 19.6 Å². The molecule has 6 heteroatoms. The molecular formula is C11H19N3O3. The number of amides is 2. The lowest BCUT2D eigenvalue weighted by molar-refractivity contribution is -0.142. The molecule has 0 spiro atoms. The zero-order chi connectivity index (χ0) is 12.6. The first-order chi connectivity index (χ1) is 8.00. The highest BCUT2D eigenvalue weighted by atomic mass is 16.4. The fourth-order valence-corrected chi connectivity index (χ4v) is 2.68. The van der Waals surface area contributed by atoms with Gasteiger partial charge in [0.05, 0.1) is 0 Å². The van der Waals surface area contributed by atoms with E-state index in [-0.39, 0.29) is 18.0 Å². The SMILES string of the molecule is CC1CCN(C(=O)N2CCC(N)C2)C1C(=O)O. The molecule has 3 atom stereocenters. The molecule has 96 valence electrons. The summed E-state index contributed by atoms with van der Waals surface area (Å²) >= 11 is 0. The van der Waals surface area contributed by atoms with Gasteiger partial charge >= 0.3 is 12.0 Å². The van der Waals surface area contributed by atoms with Crippen molar-refractivity contribution in [3.8, 4) is 0 Å². The van der Waals surface area contributed by atoms with Gasteiger partial charge < -0.3 is 20.6 Å². The fourth-order valence-electron chi connectivity index (χ4n) is 2.68. The third kappa shape index (κ3) is 2.22. The van der Waals surface area contributed by atoms with Crippen molar-refractivity contribution in [1.29, 1.82) is 0 Å². The van der Waals surface area contributed by atoms with Gasteiger partial charge in [-0.1, -0.05) is 6.92 Å². The lowest BCUT2D eigenvalue weighted by Gasteiger charge is -2.28. The first-order valence-corrected chi connectivity index (χ1v) is 6.04. The minimum Gasteiger partial charge on any atom is -0.480 e. The predicted molar refractivity (Wildman–Crippen MR) is 61.5 cm³/mol. The smallest absolute Gasteiger partial charge is 0.326 e. The summed E-state index contributed by atoms with van der Waals surface area (Å²) in [6.45, 7) is 3.58. The molecule has 0 aliphatic carbocycles. The van der Waals surface area contributed by atoms with Gasteiger partial charge in [-0.25, -0.2) is 9.59 Å². The zero-order valence-corrected chi connectivity index (χ0v) is 10.0. The summed E-state index contributed by atoms with van der Waals surface area (Å²) in [6, 6.07) is -0.823. The van der Waals surface area contributed by atoms with E-state index in [2.05, 4.69) is 0 Å². The van der Waals surface area contributed by atoms with Crippen LogP contribution in [0.25, 0.3) is 0 Å². The van der Waals surface area contributed by atoms with Crippen LogP contribution in [0.2, 0.25) is 0 Å². The van der Waals surface area contributed by atoms with E-state index in [1.54, 1.807) is 4.90 Å². The van der Waals surface area contributed by atoms with Crippen molar-refractivity contribution in [3.63, 3.8) is 0 Å². The van der Waals surface area contributed by atoms with Crippen molar-refractivity contribution in [2.75, 3.05) is 19.6 Å². The molecule has 2 saturated heterocycles. The molecule has 0 bridgehead atoms. The number of nitrogens with two attached hydrogens (primary N) is 1. The molecule has 2 rings (SSSR count). The van der Waals surface area contributed by atoms with Crippen LogP contribution >= 0.6 is 0 Å². The maximum Gasteiger partial charge on any atom is 0.326 e. The van der Waals surface area contributed by atoms with Crippen LogP contribution in [0, 0.1) is 5.92 Å². The van der Waals surface area contributed by atoms with E-state index < -0.39 is 12.0 Å². The van der Waals surface area contributed by atoms with Crippen LogP contribution in [0.3, 0.4) is 0 Å². The Bertz CT molecular complexity index is 334. The summed E-state index contributed by atoms with van der Waals surface area (Å²) in [5, 5.41) is 9.16. The van der Waals surface area contributed by atoms with E-state index >= 15 is 0 Å². The summed E-state index contributed by atoms with van der Waals surface area (Å²) < 4.78 is 0. The van der Waals surface area contributed by atoms with Gasteiger partial charge in [-0.15, -0.1) is 0 Å². The highest BCUT2D eigenvalue weighted by Crippen LogP contribution is 2.26. The van der Waals surface area contributed by atoms with Crippen molar-refractivity contribution in [2.24, 2.45) is 11.7 Å². The lowest BCUT2D eigenvalue weighted by atomic mass is 10.0. The number of carbonyl (C=O) groups excluding carboxylic acids is 1. The normalized spacial score (nSPS) is 33.2. The Hall–Kier alpha value is -1.30. The van der Waals surface area contributed by atoms with E-state index in [9.17, 15) is 9.59 Å². The molecule has 0 aromatic rings. The number of rotatable bonds is 1. The Balaban J connectivity index is 2.06. The van der Waals surface area contributed by atoms with Gasteiger partial charge in [-0.2, -0.15) is 0 Å². The minimum absolute atomic E-state index is 0.0210. The third-order valence-electron chi connectivity index (χ3n) is 3.69. The molecule has 0 aromatic carbocycles. The minimum atomic E-state index is -0.910. The van der Waals surface area contributed by atoms with Crippen molar-refractivity contribution in [1.82, 2.24) is 9.80 Å². The highest BCUT2D eigenvalue weighted by molar-refractivity contribution is 5.83. The quantitative estimate of drug-likeness (QED) is 0.673. The van der Waals surface area contributed by atoms with Gasteiger partial charge in [0.1, 0.15) is 6.04 Å². The summed E-state index contributed by atoms with van der Waals surface area (Å²) in [4.78, 5) is 26.5. The standard InChI is InChI=1S/C11H19N3O3/c1-7-2-5-14(9(7)10(15)16)11(17)13-4-3-8(12)6-13/h7-9H,2-6,12H2,1H3,(H,15,16). The van der Waals surface area contributed by atoms with Crippen LogP contribution in [-0.4, -0.2) is 58.6 Å². The van der Waals surface area contributed by atoms with Gasteiger partial charge in [-0.05, 0) is 18.8 Å². The first kappa shape index (κ1) is 12.2. The van der Waals surface area contributed by atoms with Crippen LogP contribution < -0.4 is 5.73 Å². The molecule has 3 N–H and O–H groups in total. The zero-order valence-electron chi connectivity index (χ0n) is 10.0. The Labute approximate surface area is 100 Å². The molecule has 17 heavy (non-hydrogen) atoms. The average molecular weight is 241 g/mol.